The van der Waals surface area contributed by atoms with Crippen LogP contribution >= 0.6 is 11.6 Å². The molecular formula is C16H18ClNO. The quantitative estimate of drug-likeness (QED) is 0.912. The van der Waals surface area contributed by atoms with Gasteiger partial charge in [0, 0.05) is 10.6 Å². The number of hydrogen-bond acceptors (Lipinski definition) is 2. The van der Waals surface area contributed by atoms with E-state index >= 15 is 0 Å². The van der Waals surface area contributed by atoms with E-state index in [1.807, 2.05) is 25.2 Å². The van der Waals surface area contributed by atoms with E-state index in [1.165, 1.54) is 11.1 Å². The van der Waals surface area contributed by atoms with Gasteiger partial charge in [-0.05, 0) is 31.7 Å². The minimum Gasteiger partial charge on any atom is -0.496 e. The van der Waals surface area contributed by atoms with E-state index < -0.39 is 0 Å². The van der Waals surface area contributed by atoms with Gasteiger partial charge in [0.05, 0.1) is 13.2 Å². The number of rotatable bonds is 4. The summed E-state index contributed by atoms with van der Waals surface area (Å²) < 4.78 is 5.44. The van der Waals surface area contributed by atoms with E-state index in [9.17, 15) is 0 Å². The van der Waals surface area contributed by atoms with E-state index in [1.54, 1.807) is 7.11 Å². The summed E-state index contributed by atoms with van der Waals surface area (Å²) in [6.07, 6.45) is 0. The molecule has 0 radical (unpaired) electrons. The van der Waals surface area contributed by atoms with E-state index in [4.69, 9.17) is 16.3 Å². The number of methoxy groups -OCH3 is 1. The third-order valence-electron chi connectivity index (χ3n) is 3.17. The Hall–Kier alpha value is -1.51. The molecule has 0 spiro atoms. The van der Waals surface area contributed by atoms with E-state index in [0.29, 0.717) is 5.02 Å². The highest BCUT2D eigenvalue weighted by Crippen LogP contribution is 2.32. The van der Waals surface area contributed by atoms with Gasteiger partial charge in [-0.2, -0.15) is 0 Å². The molecule has 19 heavy (non-hydrogen) atoms. The first kappa shape index (κ1) is 13.9. The van der Waals surface area contributed by atoms with Crippen LogP contribution in [-0.2, 0) is 0 Å². The van der Waals surface area contributed by atoms with Crippen molar-refractivity contribution in [2.45, 2.75) is 13.0 Å². The predicted octanol–water partition coefficient (Wildman–Crippen LogP) is 3.97. The van der Waals surface area contributed by atoms with Gasteiger partial charge < -0.3 is 10.1 Å². The molecule has 0 heterocycles. The van der Waals surface area contributed by atoms with E-state index in [-0.39, 0.29) is 6.04 Å². The highest BCUT2D eigenvalue weighted by molar-refractivity contribution is 6.30. The van der Waals surface area contributed by atoms with Crippen LogP contribution in [0.1, 0.15) is 22.7 Å². The van der Waals surface area contributed by atoms with Crippen LogP contribution in [0.5, 0.6) is 5.75 Å². The Balaban J connectivity index is 2.48. The molecule has 0 bridgehead atoms. The molecule has 2 aromatic rings. The van der Waals surface area contributed by atoms with Crippen LogP contribution in [-0.4, -0.2) is 14.2 Å². The summed E-state index contributed by atoms with van der Waals surface area (Å²) in [5.74, 6) is 0.799. The summed E-state index contributed by atoms with van der Waals surface area (Å²) in [6, 6.07) is 14.3. The van der Waals surface area contributed by atoms with Gasteiger partial charge in [0.25, 0.3) is 0 Å². The maximum atomic E-state index is 6.01. The highest BCUT2D eigenvalue weighted by Gasteiger charge is 2.16. The average Bonchev–Trinajstić information content (AvgIpc) is 2.41. The van der Waals surface area contributed by atoms with Gasteiger partial charge in [-0.1, -0.05) is 47.5 Å². The second kappa shape index (κ2) is 6.09. The molecule has 0 amide bonds. The highest BCUT2D eigenvalue weighted by atomic mass is 35.5. The lowest BCUT2D eigenvalue weighted by atomic mass is 9.97. The molecule has 0 aliphatic rings. The van der Waals surface area contributed by atoms with Crippen molar-refractivity contribution < 1.29 is 4.74 Å². The molecule has 0 saturated heterocycles. The normalized spacial score (nSPS) is 12.2. The SMILES string of the molecule is CNC(c1cccc(C)c1)c1ccc(Cl)cc1OC. The summed E-state index contributed by atoms with van der Waals surface area (Å²) >= 11 is 6.01. The molecular weight excluding hydrogens is 258 g/mol. The third-order valence-corrected chi connectivity index (χ3v) is 3.41. The van der Waals surface area contributed by atoms with Gasteiger partial charge in [0.1, 0.15) is 5.75 Å². The van der Waals surface area contributed by atoms with Gasteiger partial charge in [0.15, 0.2) is 0 Å². The minimum atomic E-state index is 0.0899. The molecule has 3 heteroatoms. The molecule has 0 saturated carbocycles. The fraction of sp³-hybridized carbons (Fsp3) is 0.250. The van der Waals surface area contributed by atoms with E-state index in [0.717, 1.165) is 11.3 Å². The van der Waals surface area contributed by atoms with Crippen LogP contribution in [0.2, 0.25) is 5.02 Å². The van der Waals surface area contributed by atoms with Crippen LogP contribution in [0.3, 0.4) is 0 Å². The fourth-order valence-electron chi connectivity index (χ4n) is 2.27. The minimum absolute atomic E-state index is 0.0899. The lowest BCUT2D eigenvalue weighted by Gasteiger charge is -2.20. The number of ether oxygens (including phenoxy) is 1. The molecule has 2 rings (SSSR count). The molecule has 1 unspecified atom stereocenters. The molecule has 0 aliphatic heterocycles. The Bertz CT molecular complexity index is 568. The standard InChI is InChI=1S/C16H18ClNO/c1-11-5-4-6-12(9-11)16(18-2)14-8-7-13(17)10-15(14)19-3/h4-10,16,18H,1-3H3. The zero-order valence-corrected chi connectivity index (χ0v) is 12.2. The van der Waals surface area contributed by atoms with Crippen LogP contribution in [0.25, 0.3) is 0 Å². The predicted molar refractivity (Wildman–Crippen MR) is 80.1 cm³/mol. The Labute approximate surface area is 119 Å². The van der Waals surface area contributed by atoms with Crippen molar-refractivity contribution in [1.82, 2.24) is 5.32 Å². The van der Waals surface area contributed by atoms with Crippen LogP contribution < -0.4 is 10.1 Å². The average molecular weight is 276 g/mol. The largest absolute Gasteiger partial charge is 0.496 e. The molecule has 0 aliphatic carbocycles. The van der Waals surface area contributed by atoms with Gasteiger partial charge in [-0.3, -0.25) is 0 Å². The maximum Gasteiger partial charge on any atom is 0.125 e. The first-order chi connectivity index (χ1) is 9.15. The lowest BCUT2D eigenvalue weighted by molar-refractivity contribution is 0.405. The van der Waals surface area contributed by atoms with Crippen molar-refractivity contribution in [2.24, 2.45) is 0 Å². The number of nitrogens with one attached hydrogen (secondary N) is 1. The number of halogens is 1. The molecule has 0 aromatic heterocycles. The number of aryl methyl sites for hydroxylation is 1. The van der Waals surface area contributed by atoms with Crippen molar-refractivity contribution in [3.05, 3.63) is 64.2 Å². The molecule has 2 aromatic carbocycles. The summed E-state index contributed by atoms with van der Waals surface area (Å²) in [6.45, 7) is 2.09. The molecule has 1 atom stereocenters. The monoisotopic (exact) mass is 275 g/mol. The molecule has 1 N–H and O–H groups in total. The van der Waals surface area contributed by atoms with Gasteiger partial charge in [-0.25, -0.2) is 0 Å². The molecule has 2 nitrogen and oxygen atoms in total. The van der Waals surface area contributed by atoms with Crippen molar-refractivity contribution in [3.8, 4) is 5.75 Å². The Morgan fingerprint density at radius 3 is 2.58 bits per heavy atom. The summed E-state index contributed by atoms with van der Waals surface area (Å²) in [7, 11) is 3.61. The van der Waals surface area contributed by atoms with Crippen molar-refractivity contribution in [3.63, 3.8) is 0 Å². The summed E-state index contributed by atoms with van der Waals surface area (Å²) in [5, 5.41) is 4.01. The van der Waals surface area contributed by atoms with Crippen LogP contribution in [0, 0.1) is 6.92 Å². The van der Waals surface area contributed by atoms with Crippen LogP contribution in [0.15, 0.2) is 42.5 Å². The molecule has 100 valence electrons. The Morgan fingerprint density at radius 1 is 1.16 bits per heavy atom. The number of benzene rings is 2. The Kier molecular flexibility index (Phi) is 4.46. The molecule has 0 fully saturated rings. The summed E-state index contributed by atoms with van der Waals surface area (Å²) in [5.41, 5.74) is 3.54. The van der Waals surface area contributed by atoms with E-state index in [2.05, 4.69) is 36.5 Å². The number of hydrogen-bond donors (Lipinski definition) is 1. The van der Waals surface area contributed by atoms with Gasteiger partial charge in [-0.15, -0.1) is 0 Å². The zero-order valence-electron chi connectivity index (χ0n) is 11.4. The first-order valence-corrected chi connectivity index (χ1v) is 6.60. The first-order valence-electron chi connectivity index (χ1n) is 6.23. The van der Waals surface area contributed by atoms with Crippen molar-refractivity contribution >= 4 is 11.6 Å². The second-order valence-corrected chi connectivity index (χ2v) is 4.96. The van der Waals surface area contributed by atoms with Crippen molar-refractivity contribution in [2.75, 3.05) is 14.2 Å². The third kappa shape index (κ3) is 3.09. The zero-order chi connectivity index (χ0) is 13.8. The second-order valence-electron chi connectivity index (χ2n) is 4.52. The van der Waals surface area contributed by atoms with Gasteiger partial charge >= 0.3 is 0 Å². The van der Waals surface area contributed by atoms with Crippen molar-refractivity contribution in [1.29, 1.82) is 0 Å². The topological polar surface area (TPSA) is 21.3 Å². The smallest absolute Gasteiger partial charge is 0.125 e. The fourth-order valence-corrected chi connectivity index (χ4v) is 2.44. The van der Waals surface area contributed by atoms with Crippen LogP contribution in [0.4, 0.5) is 0 Å². The maximum absolute atomic E-state index is 6.01. The van der Waals surface area contributed by atoms with Gasteiger partial charge in [0.2, 0.25) is 0 Å². The summed E-state index contributed by atoms with van der Waals surface area (Å²) in [4.78, 5) is 0. The lowest BCUT2D eigenvalue weighted by Crippen LogP contribution is -2.18. The Morgan fingerprint density at radius 2 is 1.95 bits per heavy atom.